The fourth-order valence-electron chi connectivity index (χ4n) is 0.570. The van der Waals surface area contributed by atoms with E-state index in [4.69, 9.17) is 14.7 Å². The normalized spacial score (nSPS) is 14.2. The summed E-state index contributed by atoms with van der Waals surface area (Å²) in [7, 11) is 1.44. The Morgan fingerprint density at radius 2 is 2.08 bits per heavy atom. The molecule has 0 radical (unpaired) electrons. The van der Waals surface area contributed by atoms with Gasteiger partial charge in [0.1, 0.15) is 0 Å². The number of aliphatic carboxylic acids is 1. The number of carboxylic acids is 1. The maximum absolute atomic E-state index is 10.6. The average molecular weight is 191 g/mol. The van der Waals surface area contributed by atoms with E-state index in [9.17, 15) is 4.79 Å². The topological polar surface area (TPSA) is 67.8 Å². The zero-order chi connectivity index (χ0) is 10.5. The lowest BCUT2D eigenvalue weighted by Crippen LogP contribution is -2.44. The van der Waals surface area contributed by atoms with E-state index in [2.05, 4.69) is 5.48 Å². The fraction of sp³-hybridized carbons (Fsp3) is 0.875. The van der Waals surface area contributed by atoms with Crippen molar-refractivity contribution in [1.29, 1.82) is 0 Å². The van der Waals surface area contributed by atoms with Gasteiger partial charge in [-0.1, -0.05) is 0 Å². The second-order valence-electron chi connectivity index (χ2n) is 3.68. The first kappa shape index (κ1) is 12.3. The van der Waals surface area contributed by atoms with Gasteiger partial charge in [0.05, 0.1) is 12.2 Å². The minimum Gasteiger partial charge on any atom is -0.480 e. The summed E-state index contributed by atoms with van der Waals surface area (Å²) in [4.78, 5) is 15.7. The molecule has 1 unspecified atom stereocenters. The van der Waals surface area contributed by atoms with Crippen molar-refractivity contribution in [2.24, 2.45) is 0 Å². The van der Waals surface area contributed by atoms with Crippen LogP contribution in [0, 0.1) is 0 Å². The molecule has 0 aromatic carbocycles. The molecule has 0 bridgehead atoms. The predicted molar refractivity (Wildman–Crippen MR) is 47.3 cm³/mol. The van der Waals surface area contributed by atoms with Crippen molar-refractivity contribution in [2.75, 3.05) is 13.7 Å². The van der Waals surface area contributed by atoms with Gasteiger partial charge in [0.25, 0.3) is 0 Å². The summed E-state index contributed by atoms with van der Waals surface area (Å²) >= 11 is 0. The van der Waals surface area contributed by atoms with Gasteiger partial charge in [0.15, 0.2) is 6.04 Å². The highest BCUT2D eigenvalue weighted by Crippen LogP contribution is 2.04. The smallest absolute Gasteiger partial charge is 0.325 e. The molecule has 0 fully saturated rings. The van der Waals surface area contributed by atoms with Gasteiger partial charge < -0.3 is 9.84 Å². The van der Waals surface area contributed by atoms with Gasteiger partial charge in [-0.05, 0) is 20.8 Å². The number of carboxylic acid groups (broad SMARTS) is 1. The summed E-state index contributed by atoms with van der Waals surface area (Å²) in [5.41, 5.74) is 2.02. The number of carbonyl (C=O) groups is 1. The van der Waals surface area contributed by atoms with E-state index < -0.39 is 17.6 Å². The Morgan fingerprint density at radius 3 is 2.38 bits per heavy atom. The van der Waals surface area contributed by atoms with E-state index in [1.54, 1.807) is 0 Å². The molecular weight excluding hydrogens is 174 g/mol. The molecule has 5 heteroatoms. The van der Waals surface area contributed by atoms with Gasteiger partial charge in [-0.2, -0.15) is 5.48 Å². The minimum absolute atomic E-state index is 0.0748. The van der Waals surface area contributed by atoms with Crippen molar-refractivity contribution in [3.8, 4) is 0 Å². The minimum atomic E-state index is -0.994. The van der Waals surface area contributed by atoms with E-state index in [-0.39, 0.29) is 6.61 Å². The first-order valence-electron chi connectivity index (χ1n) is 4.02. The Bertz CT molecular complexity index is 164. The lowest BCUT2D eigenvalue weighted by Gasteiger charge is -2.22. The van der Waals surface area contributed by atoms with Crippen LogP contribution in [-0.2, 0) is 14.4 Å². The molecule has 78 valence electrons. The molecule has 5 nitrogen and oxygen atoms in total. The number of ether oxygens (including phenoxy) is 1. The van der Waals surface area contributed by atoms with Gasteiger partial charge in [-0.15, -0.1) is 0 Å². The highest BCUT2D eigenvalue weighted by molar-refractivity contribution is 5.73. The third kappa shape index (κ3) is 6.51. The van der Waals surface area contributed by atoms with Crippen LogP contribution in [0.4, 0.5) is 0 Å². The summed E-state index contributed by atoms with van der Waals surface area (Å²) in [6, 6.07) is -0.829. The van der Waals surface area contributed by atoms with Crippen LogP contribution in [0.15, 0.2) is 0 Å². The van der Waals surface area contributed by atoms with Crippen LogP contribution in [0.2, 0.25) is 0 Å². The van der Waals surface area contributed by atoms with E-state index in [0.29, 0.717) is 0 Å². The SMILES string of the molecule is COCC(NOC(C)(C)C)C(=O)O. The van der Waals surface area contributed by atoms with Gasteiger partial charge in [0, 0.05) is 7.11 Å². The first-order chi connectivity index (χ1) is 5.87. The second-order valence-corrected chi connectivity index (χ2v) is 3.68. The van der Waals surface area contributed by atoms with E-state index in [1.807, 2.05) is 20.8 Å². The third-order valence-corrected chi connectivity index (χ3v) is 1.14. The Hall–Kier alpha value is -0.650. The first-order valence-corrected chi connectivity index (χ1v) is 4.02. The number of hydroxylamine groups is 1. The molecule has 1 atom stereocenters. The Kier molecular flexibility index (Phi) is 4.90. The fourth-order valence-corrected chi connectivity index (χ4v) is 0.570. The molecule has 0 aliphatic heterocycles. The number of hydrogen-bond donors (Lipinski definition) is 2. The molecule has 0 saturated carbocycles. The monoisotopic (exact) mass is 191 g/mol. The van der Waals surface area contributed by atoms with Crippen molar-refractivity contribution < 1.29 is 19.5 Å². The van der Waals surface area contributed by atoms with Gasteiger partial charge in [0.2, 0.25) is 0 Å². The van der Waals surface area contributed by atoms with Crippen molar-refractivity contribution in [2.45, 2.75) is 32.4 Å². The molecule has 0 spiro atoms. The maximum Gasteiger partial charge on any atom is 0.325 e. The van der Waals surface area contributed by atoms with Crippen molar-refractivity contribution >= 4 is 5.97 Å². The van der Waals surface area contributed by atoms with Crippen LogP contribution in [0.1, 0.15) is 20.8 Å². The number of methoxy groups -OCH3 is 1. The Morgan fingerprint density at radius 1 is 1.54 bits per heavy atom. The summed E-state index contributed by atoms with van der Waals surface area (Å²) in [6.45, 7) is 5.55. The lowest BCUT2D eigenvalue weighted by atomic mass is 10.2. The van der Waals surface area contributed by atoms with Gasteiger partial charge >= 0.3 is 5.97 Å². The lowest BCUT2D eigenvalue weighted by molar-refractivity contribution is -0.153. The van der Waals surface area contributed by atoms with Gasteiger partial charge in [-0.3, -0.25) is 9.63 Å². The molecule has 0 heterocycles. The molecule has 13 heavy (non-hydrogen) atoms. The van der Waals surface area contributed by atoms with Gasteiger partial charge in [-0.25, -0.2) is 0 Å². The summed E-state index contributed by atoms with van der Waals surface area (Å²) in [6.07, 6.45) is 0. The predicted octanol–water partition coefficient (Wildman–Crippen LogP) is 0.406. The van der Waals surface area contributed by atoms with Crippen LogP contribution >= 0.6 is 0 Å². The highest BCUT2D eigenvalue weighted by Gasteiger charge is 2.20. The second kappa shape index (κ2) is 5.16. The highest BCUT2D eigenvalue weighted by atomic mass is 16.7. The molecular formula is C8H17NO4. The summed E-state index contributed by atoms with van der Waals surface area (Å²) in [5, 5.41) is 8.68. The van der Waals surface area contributed by atoms with Crippen molar-refractivity contribution in [3.63, 3.8) is 0 Å². The van der Waals surface area contributed by atoms with Crippen molar-refractivity contribution in [3.05, 3.63) is 0 Å². The molecule has 0 rings (SSSR count). The molecule has 0 saturated heterocycles. The average Bonchev–Trinajstić information content (AvgIpc) is 1.95. The van der Waals surface area contributed by atoms with Crippen LogP contribution in [0.25, 0.3) is 0 Å². The van der Waals surface area contributed by atoms with Crippen molar-refractivity contribution in [1.82, 2.24) is 5.48 Å². The quantitative estimate of drug-likeness (QED) is 0.616. The summed E-state index contributed by atoms with van der Waals surface area (Å²) < 4.78 is 4.71. The van der Waals surface area contributed by atoms with Crippen LogP contribution in [0.5, 0.6) is 0 Å². The van der Waals surface area contributed by atoms with E-state index >= 15 is 0 Å². The molecule has 0 aliphatic rings. The maximum atomic E-state index is 10.6. The largest absolute Gasteiger partial charge is 0.480 e. The molecule has 0 aromatic heterocycles. The standard InChI is InChI=1S/C8H17NO4/c1-8(2,3)13-9-6(5-12-4)7(10)11/h6,9H,5H2,1-4H3,(H,10,11). The summed E-state index contributed by atoms with van der Waals surface area (Å²) in [5.74, 6) is -0.994. The van der Waals surface area contributed by atoms with E-state index in [1.165, 1.54) is 7.11 Å². The zero-order valence-corrected chi connectivity index (χ0v) is 8.46. The molecule has 0 aromatic rings. The van der Waals surface area contributed by atoms with Crippen LogP contribution in [0.3, 0.4) is 0 Å². The number of hydrogen-bond acceptors (Lipinski definition) is 4. The third-order valence-electron chi connectivity index (χ3n) is 1.14. The zero-order valence-electron chi connectivity index (χ0n) is 8.46. The molecule has 0 aliphatic carbocycles. The van der Waals surface area contributed by atoms with Crippen LogP contribution < -0.4 is 5.48 Å². The Balaban J connectivity index is 3.90. The number of nitrogens with one attached hydrogen (secondary N) is 1. The number of rotatable bonds is 5. The molecule has 2 N–H and O–H groups in total. The van der Waals surface area contributed by atoms with E-state index in [0.717, 1.165) is 0 Å². The van der Waals surface area contributed by atoms with Crippen LogP contribution in [-0.4, -0.2) is 36.4 Å². The molecule has 0 amide bonds. The Labute approximate surface area is 78.0 Å².